The van der Waals surface area contributed by atoms with E-state index in [0.29, 0.717) is 61.3 Å². The Morgan fingerprint density at radius 2 is 1.84 bits per heavy atom. The minimum Gasteiger partial charge on any atom is -0.497 e. The Bertz CT molecular complexity index is 939. The first-order valence-corrected chi connectivity index (χ1v) is 10.3. The van der Waals surface area contributed by atoms with Crippen LogP contribution in [0.4, 0.5) is 0 Å². The number of hydrogen-bond acceptors (Lipinski definition) is 7. The lowest BCUT2D eigenvalue weighted by molar-refractivity contribution is -0.137. The zero-order valence-corrected chi connectivity index (χ0v) is 18.2. The van der Waals surface area contributed by atoms with Gasteiger partial charge in [0.25, 0.3) is 11.8 Å². The summed E-state index contributed by atoms with van der Waals surface area (Å²) >= 11 is 0. The van der Waals surface area contributed by atoms with Crippen molar-refractivity contribution < 1.29 is 28.5 Å². The molecule has 3 rings (SSSR count). The Balaban J connectivity index is 1.58. The molecule has 0 radical (unpaired) electrons. The van der Waals surface area contributed by atoms with Gasteiger partial charge >= 0.3 is 0 Å². The van der Waals surface area contributed by atoms with Crippen LogP contribution in [0.2, 0.25) is 0 Å². The molecule has 0 bridgehead atoms. The molecule has 2 aromatic rings. The zero-order chi connectivity index (χ0) is 22.8. The fraction of sp³-hybridized carbons (Fsp3) is 0.348. The number of methoxy groups -OCH3 is 1. The van der Waals surface area contributed by atoms with Crippen LogP contribution < -0.4 is 19.6 Å². The van der Waals surface area contributed by atoms with Crippen molar-refractivity contribution in [3.8, 4) is 17.2 Å². The number of hydrogen-bond donors (Lipinski definition) is 1. The van der Waals surface area contributed by atoms with Gasteiger partial charge < -0.3 is 23.8 Å². The van der Waals surface area contributed by atoms with E-state index < -0.39 is 0 Å². The normalized spacial score (nSPS) is 13.6. The van der Waals surface area contributed by atoms with Crippen molar-refractivity contribution in [2.45, 2.75) is 6.92 Å². The van der Waals surface area contributed by atoms with E-state index in [0.717, 1.165) is 0 Å². The summed E-state index contributed by atoms with van der Waals surface area (Å²) in [6.07, 6.45) is 1.51. The molecule has 0 aliphatic carbocycles. The van der Waals surface area contributed by atoms with Crippen molar-refractivity contribution in [2.75, 3.05) is 46.6 Å². The molecular formula is C23H27N3O6. The highest BCUT2D eigenvalue weighted by molar-refractivity contribution is 5.95. The van der Waals surface area contributed by atoms with E-state index in [2.05, 4.69) is 10.5 Å². The summed E-state index contributed by atoms with van der Waals surface area (Å²) in [5.41, 5.74) is 3.65. The Morgan fingerprint density at radius 3 is 2.53 bits per heavy atom. The highest BCUT2D eigenvalue weighted by Gasteiger charge is 2.18. The molecule has 1 N–H and O–H groups in total. The average Bonchev–Trinajstić information content (AvgIpc) is 2.84. The van der Waals surface area contributed by atoms with E-state index in [-0.39, 0.29) is 18.4 Å². The number of carbonyl (C=O) groups is 2. The number of morpholine rings is 1. The van der Waals surface area contributed by atoms with Gasteiger partial charge in [-0.25, -0.2) is 5.43 Å². The number of carbonyl (C=O) groups excluding carboxylic acids is 2. The first kappa shape index (κ1) is 23.1. The van der Waals surface area contributed by atoms with Crippen LogP contribution in [0.3, 0.4) is 0 Å². The maximum atomic E-state index is 12.3. The van der Waals surface area contributed by atoms with Crippen LogP contribution in [0.1, 0.15) is 22.8 Å². The molecule has 9 heteroatoms. The summed E-state index contributed by atoms with van der Waals surface area (Å²) < 4.78 is 21.7. The van der Waals surface area contributed by atoms with Crippen molar-refractivity contribution in [2.24, 2.45) is 5.10 Å². The highest BCUT2D eigenvalue weighted by atomic mass is 16.5. The van der Waals surface area contributed by atoms with Crippen LogP contribution in [0.15, 0.2) is 47.6 Å². The van der Waals surface area contributed by atoms with E-state index >= 15 is 0 Å². The molecule has 1 heterocycles. The van der Waals surface area contributed by atoms with E-state index in [1.807, 2.05) is 6.92 Å². The molecule has 1 aliphatic rings. The molecule has 1 aliphatic heterocycles. The number of ether oxygens (including phenoxy) is 4. The van der Waals surface area contributed by atoms with Crippen molar-refractivity contribution >= 4 is 18.0 Å². The third kappa shape index (κ3) is 6.45. The monoisotopic (exact) mass is 441 g/mol. The number of hydrazone groups is 1. The summed E-state index contributed by atoms with van der Waals surface area (Å²) in [5.74, 6) is 1.20. The van der Waals surface area contributed by atoms with Gasteiger partial charge in [-0.15, -0.1) is 0 Å². The lowest BCUT2D eigenvalue weighted by Crippen LogP contribution is -2.43. The van der Waals surface area contributed by atoms with E-state index in [1.165, 1.54) is 6.21 Å². The number of rotatable bonds is 9. The number of amides is 2. The average molecular weight is 441 g/mol. The standard InChI is InChI=1S/C23H27N3O6/c1-3-31-21-14-17(15-24-25-23(28)18-5-7-19(29-2)8-6-18)4-9-20(21)32-16-22(27)26-10-12-30-13-11-26/h4-9,14-15H,3,10-13,16H2,1-2H3,(H,25,28)/b24-15+. The van der Waals surface area contributed by atoms with Gasteiger partial charge in [0.15, 0.2) is 18.1 Å². The van der Waals surface area contributed by atoms with Crippen LogP contribution in [-0.4, -0.2) is 69.6 Å². The fourth-order valence-electron chi connectivity index (χ4n) is 3.01. The van der Waals surface area contributed by atoms with Gasteiger partial charge in [0.1, 0.15) is 5.75 Å². The van der Waals surface area contributed by atoms with Gasteiger partial charge in [0.2, 0.25) is 0 Å². The van der Waals surface area contributed by atoms with Crippen molar-refractivity contribution in [1.82, 2.24) is 10.3 Å². The third-order valence-corrected chi connectivity index (χ3v) is 4.71. The molecule has 0 atom stereocenters. The molecule has 2 amide bonds. The van der Waals surface area contributed by atoms with Gasteiger partial charge in [-0.2, -0.15) is 5.10 Å². The molecule has 9 nitrogen and oxygen atoms in total. The SMILES string of the molecule is CCOc1cc(/C=N/NC(=O)c2ccc(OC)cc2)ccc1OCC(=O)N1CCOCC1. The first-order chi connectivity index (χ1) is 15.6. The molecule has 2 aromatic carbocycles. The Labute approximate surface area is 186 Å². The summed E-state index contributed by atoms with van der Waals surface area (Å²) in [4.78, 5) is 26.2. The highest BCUT2D eigenvalue weighted by Crippen LogP contribution is 2.28. The first-order valence-electron chi connectivity index (χ1n) is 10.3. The predicted molar refractivity (Wildman–Crippen MR) is 119 cm³/mol. The molecule has 1 fully saturated rings. The second kappa shape index (κ2) is 11.7. The fourth-order valence-corrected chi connectivity index (χ4v) is 3.01. The minimum atomic E-state index is -0.337. The van der Waals surface area contributed by atoms with Gasteiger partial charge in [0.05, 0.1) is 33.1 Å². The van der Waals surface area contributed by atoms with E-state index in [1.54, 1.807) is 54.5 Å². The smallest absolute Gasteiger partial charge is 0.271 e. The minimum absolute atomic E-state index is 0.0779. The lowest BCUT2D eigenvalue weighted by Gasteiger charge is -2.26. The van der Waals surface area contributed by atoms with Crippen molar-refractivity contribution in [3.63, 3.8) is 0 Å². The van der Waals surface area contributed by atoms with E-state index in [4.69, 9.17) is 18.9 Å². The van der Waals surface area contributed by atoms with Crippen molar-refractivity contribution in [3.05, 3.63) is 53.6 Å². The number of nitrogens with zero attached hydrogens (tertiary/aromatic N) is 2. The maximum Gasteiger partial charge on any atom is 0.271 e. The maximum absolute atomic E-state index is 12.3. The molecule has 0 aromatic heterocycles. The summed E-state index contributed by atoms with van der Waals surface area (Å²) in [6, 6.07) is 11.9. The summed E-state index contributed by atoms with van der Waals surface area (Å²) in [6.45, 7) is 4.43. The molecule has 32 heavy (non-hydrogen) atoms. The number of benzene rings is 2. The molecular weight excluding hydrogens is 414 g/mol. The largest absolute Gasteiger partial charge is 0.497 e. The molecule has 170 valence electrons. The Hall–Kier alpha value is -3.59. The third-order valence-electron chi connectivity index (χ3n) is 4.71. The van der Waals surface area contributed by atoms with Crippen molar-refractivity contribution in [1.29, 1.82) is 0 Å². The number of nitrogens with one attached hydrogen (secondary N) is 1. The summed E-state index contributed by atoms with van der Waals surface area (Å²) in [5, 5.41) is 4.00. The molecule has 1 saturated heterocycles. The van der Waals surface area contributed by atoms with Crippen LogP contribution in [0.5, 0.6) is 17.2 Å². The van der Waals surface area contributed by atoms with Gasteiger partial charge in [-0.05, 0) is 55.0 Å². The second-order valence-corrected chi connectivity index (χ2v) is 6.85. The molecule has 0 unspecified atom stereocenters. The van der Waals surface area contributed by atoms with Crippen LogP contribution in [0, 0.1) is 0 Å². The Kier molecular flexibility index (Phi) is 8.44. The predicted octanol–water partition coefficient (Wildman–Crippen LogP) is 2.10. The summed E-state index contributed by atoms with van der Waals surface area (Å²) in [7, 11) is 1.56. The van der Waals surface area contributed by atoms with Crippen LogP contribution in [-0.2, 0) is 9.53 Å². The molecule has 0 saturated carbocycles. The second-order valence-electron chi connectivity index (χ2n) is 6.85. The lowest BCUT2D eigenvalue weighted by atomic mass is 10.2. The van der Waals surface area contributed by atoms with Gasteiger partial charge in [0, 0.05) is 18.7 Å². The van der Waals surface area contributed by atoms with Gasteiger partial charge in [-0.3, -0.25) is 9.59 Å². The van der Waals surface area contributed by atoms with E-state index in [9.17, 15) is 9.59 Å². The quantitative estimate of drug-likeness (QED) is 0.473. The molecule has 0 spiro atoms. The van der Waals surface area contributed by atoms with Crippen LogP contribution in [0.25, 0.3) is 0 Å². The Morgan fingerprint density at radius 1 is 1.09 bits per heavy atom. The zero-order valence-electron chi connectivity index (χ0n) is 18.2. The topological polar surface area (TPSA) is 98.7 Å². The van der Waals surface area contributed by atoms with Crippen LogP contribution >= 0.6 is 0 Å². The van der Waals surface area contributed by atoms with Gasteiger partial charge in [-0.1, -0.05) is 0 Å².